The number of nitrogens with two attached hydrogens (primary N) is 1. The molecule has 0 fully saturated rings. The summed E-state index contributed by atoms with van der Waals surface area (Å²) in [5.74, 6) is 4.50. The van der Waals surface area contributed by atoms with Gasteiger partial charge >= 0.3 is 0 Å². The van der Waals surface area contributed by atoms with Gasteiger partial charge in [-0.15, -0.1) is 0 Å². The summed E-state index contributed by atoms with van der Waals surface area (Å²) >= 11 is 3.25. The molecule has 1 unspecified atom stereocenters. The molecule has 18 heavy (non-hydrogen) atoms. The van der Waals surface area contributed by atoms with Crippen molar-refractivity contribution in [2.45, 2.75) is 6.04 Å². The third kappa shape index (κ3) is 2.55. The van der Waals surface area contributed by atoms with Crippen LogP contribution in [-0.2, 0) is 0 Å². The zero-order valence-corrected chi connectivity index (χ0v) is 10.8. The van der Waals surface area contributed by atoms with Crippen molar-refractivity contribution in [3.63, 3.8) is 0 Å². The summed E-state index contributed by atoms with van der Waals surface area (Å²) in [5, 5.41) is 0. The summed E-state index contributed by atoms with van der Waals surface area (Å²) in [6.07, 6.45) is 2.51. The Morgan fingerprint density at radius 1 is 1.28 bits per heavy atom. The molecule has 0 amide bonds. The summed E-state index contributed by atoms with van der Waals surface area (Å²) < 4.78 is 27.5. The summed E-state index contributed by atoms with van der Waals surface area (Å²) in [6.45, 7) is 0. The van der Waals surface area contributed by atoms with Crippen molar-refractivity contribution < 1.29 is 8.78 Å². The van der Waals surface area contributed by atoms with Gasteiger partial charge in [-0.25, -0.2) is 14.2 Å². The van der Waals surface area contributed by atoms with Crippen molar-refractivity contribution in [1.29, 1.82) is 0 Å². The van der Waals surface area contributed by atoms with Gasteiger partial charge in [0, 0.05) is 16.2 Å². The standard InChI is InChI=1S/C12H10BrF2N3/c13-9-2-1-3-10(15)11(9)12(18-16)7-4-8(14)6-17-5-7/h1-6,12,18H,16H2. The maximum atomic E-state index is 13.8. The monoisotopic (exact) mass is 313 g/mol. The Morgan fingerprint density at radius 3 is 2.67 bits per heavy atom. The van der Waals surface area contributed by atoms with E-state index in [0.717, 1.165) is 6.20 Å². The number of hydrazine groups is 1. The first kappa shape index (κ1) is 13.1. The highest BCUT2D eigenvalue weighted by atomic mass is 79.9. The zero-order chi connectivity index (χ0) is 13.1. The number of hydrogen-bond donors (Lipinski definition) is 2. The minimum Gasteiger partial charge on any atom is -0.271 e. The minimum atomic E-state index is -0.677. The molecule has 0 saturated heterocycles. The molecule has 0 aliphatic rings. The smallest absolute Gasteiger partial charge is 0.141 e. The number of halogens is 3. The van der Waals surface area contributed by atoms with Crippen LogP contribution in [-0.4, -0.2) is 4.98 Å². The van der Waals surface area contributed by atoms with E-state index in [9.17, 15) is 8.78 Å². The molecule has 1 aromatic heterocycles. The lowest BCUT2D eigenvalue weighted by Crippen LogP contribution is -2.30. The van der Waals surface area contributed by atoms with Gasteiger partial charge in [-0.3, -0.25) is 10.8 Å². The SMILES string of the molecule is NNC(c1cncc(F)c1)c1c(F)cccc1Br. The number of nitrogens with one attached hydrogen (secondary N) is 1. The van der Waals surface area contributed by atoms with E-state index in [4.69, 9.17) is 5.84 Å². The number of rotatable bonds is 3. The second kappa shape index (κ2) is 5.51. The van der Waals surface area contributed by atoms with Crippen LogP contribution in [0.25, 0.3) is 0 Å². The molecule has 2 aromatic rings. The number of nitrogens with zero attached hydrogens (tertiary/aromatic N) is 1. The topological polar surface area (TPSA) is 50.9 Å². The highest BCUT2D eigenvalue weighted by Crippen LogP contribution is 2.30. The molecule has 0 spiro atoms. The molecular weight excluding hydrogens is 304 g/mol. The molecule has 2 rings (SSSR count). The largest absolute Gasteiger partial charge is 0.271 e. The molecule has 0 radical (unpaired) electrons. The maximum absolute atomic E-state index is 13.8. The normalized spacial score (nSPS) is 12.4. The van der Waals surface area contributed by atoms with E-state index in [1.807, 2.05) is 0 Å². The Hall–Kier alpha value is -1.37. The van der Waals surface area contributed by atoms with Crippen LogP contribution in [0.2, 0.25) is 0 Å². The molecule has 0 aliphatic carbocycles. The van der Waals surface area contributed by atoms with Crippen molar-refractivity contribution in [1.82, 2.24) is 10.4 Å². The highest BCUT2D eigenvalue weighted by molar-refractivity contribution is 9.10. The highest BCUT2D eigenvalue weighted by Gasteiger charge is 2.20. The van der Waals surface area contributed by atoms with Crippen molar-refractivity contribution in [2.24, 2.45) is 5.84 Å². The lowest BCUT2D eigenvalue weighted by atomic mass is 10.0. The third-order valence-corrected chi connectivity index (χ3v) is 3.21. The summed E-state index contributed by atoms with van der Waals surface area (Å²) in [7, 11) is 0. The first-order valence-electron chi connectivity index (χ1n) is 5.14. The Balaban J connectivity index is 2.52. The van der Waals surface area contributed by atoms with Crippen LogP contribution >= 0.6 is 15.9 Å². The van der Waals surface area contributed by atoms with E-state index in [2.05, 4.69) is 26.3 Å². The van der Waals surface area contributed by atoms with Crippen LogP contribution in [0, 0.1) is 11.6 Å². The summed E-state index contributed by atoms with van der Waals surface area (Å²) in [6, 6.07) is 5.16. The summed E-state index contributed by atoms with van der Waals surface area (Å²) in [5.41, 5.74) is 3.23. The molecule has 6 heteroatoms. The fraction of sp³-hybridized carbons (Fsp3) is 0.0833. The van der Waals surface area contributed by atoms with Crippen LogP contribution < -0.4 is 11.3 Å². The van der Waals surface area contributed by atoms with Crippen LogP contribution in [0.15, 0.2) is 41.1 Å². The Labute approximate surface area is 111 Å². The summed E-state index contributed by atoms with van der Waals surface area (Å²) in [4.78, 5) is 3.73. The van der Waals surface area contributed by atoms with E-state index in [0.29, 0.717) is 15.6 Å². The van der Waals surface area contributed by atoms with Gasteiger partial charge in [-0.05, 0) is 23.8 Å². The number of pyridine rings is 1. The van der Waals surface area contributed by atoms with E-state index in [1.165, 1.54) is 18.3 Å². The third-order valence-electron chi connectivity index (χ3n) is 2.51. The molecule has 1 atom stereocenters. The van der Waals surface area contributed by atoms with Gasteiger partial charge in [0.15, 0.2) is 0 Å². The van der Waals surface area contributed by atoms with Crippen LogP contribution in [0.3, 0.4) is 0 Å². The van der Waals surface area contributed by atoms with Crippen molar-refractivity contribution >= 4 is 15.9 Å². The fourth-order valence-electron chi connectivity index (χ4n) is 1.72. The minimum absolute atomic E-state index is 0.312. The first-order valence-corrected chi connectivity index (χ1v) is 5.93. The van der Waals surface area contributed by atoms with E-state index in [-0.39, 0.29) is 0 Å². The molecule has 1 heterocycles. The zero-order valence-electron chi connectivity index (χ0n) is 9.20. The molecule has 94 valence electrons. The predicted molar refractivity (Wildman–Crippen MR) is 67.5 cm³/mol. The van der Waals surface area contributed by atoms with Gasteiger partial charge in [0.05, 0.1) is 12.2 Å². The van der Waals surface area contributed by atoms with Gasteiger partial charge in [0.25, 0.3) is 0 Å². The average Bonchev–Trinajstić information content (AvgIpc) is 2.34. The lowest BCUT2D eigenvalue weighted by Gasteiger charge is -2.18. The van der Waals surface area contributed by atoms with Gasteiger partial charge in [0.2, 0.25) is 0 Å². The van der Waals surface area contributed by atoms with Crippen LogP contribution in [0.1, 0.15) is 17.2 Å². The Morgan fingerprint density at radius 2 is 2.06 bits per heavy atom. The molecule has 0 saturated carbocycles. The number of aromatic nitrogens is 1. The van der Waals surface area contributed by atoms with Crippen molar-refractivity contribution in [3.05, 3.63) is 63.9 Å². The molecule has 0 aliphatic heterocycles. The van der Waals surface area contributed by atoms with Gasteiger partial charge < -0.3 is 0 Å². The van der Waals surface area contributed by atoms with Gasteiger partial charge in [0.1, 0.15) is 11.6 Å². The Bertz CT molecular complexity index is 543. The van der Waals surface area contributed by atoms with Crippen LogP contribution in [0.5, 0.6) is 0 Å². The maximum Gasteiger partial charge on any atom is 0.141 e. The first-order chi connectivity index (χ1) is 8.63. The van der Waals surface area contributed by atoms with Gasteiger partial charge in [-0.2, -0.15) is 0 Å². The van der Waals surface area contributed by atoms with E-state index >= 15 is 0 Å². The second-order valence-corrected chi connectivity index (χ2v) is 4.53. The average molecular weight is 314 g/mol. The molecule has 3 N–H and O–H groups in total. The van der Waals surface area contributed by atoms with E-state index < -0.39 is 17.7 Å². The Kier molecular flexibility index (Phi) is 4.00. The lowest BCUT2D eigenvalue weighted by molar-refractivity contribution is 0.551. The number of benzene rings is 1. The number of hydrogen-bond acceptors (Lipinski definition) is 3. The molecule has 3 nitrogen and oxygen atoms in total. The second-order valence-electron chi connectivity index (χ2n) is 3.67. The van der Waals surface area contributed by atoms with E-state index in [1.54, 1.807) is 12.1 Å². The molecule has 0 bridgehead atoms. The van der Waals surface area contributed by atoms with Crippen molar-refractivity contribution in [3.8, 4) is 0 Å². The quantitative estimate of drug-likeness (QED) is 0.676. The predicted octanol–water partition coefficient (Wildman–Crippen LogP) is 2.68. The molecular formula is C12H10BrF2N3. The van der Waals surface area contributed by atoms with Crippen LogP contribution in [0.4, 0.5) is 8.78 Å². The fourth-order valence-corrected chi connectivity index (χ4v) is 2.29. The van der Waals surface area contributed by atoms with Gasteiger partial charge in [-0.1, -0.05) is 22.0 Å². The molecule has 1 aromatic carbocycles. The van der Waals surface area contributed by atoms with Crippen molar-refractivity contribution in [2.75, 3.05) is 0 Å².